The van der Waals surface area contributed by atoms with Crippen LogP contribution in [0.5, 0.6) is 0 Å². The number of benzene rings is 1. The highest BCUT2D eigenvalue weighted by Gasteiger charge is 2.23. The molecule has 0 aromatic heterocycles. The van der Waals surface area contributed by atoms with E-state index in [-0.39, 0.29) is 36.8 Å². The van der Waals surface area contributed by atoms with E-state index in [2.05, 4.69) is 10.6 Å². The highest BCUT2D eigenvalue weighted by atomic mass is 19.1. The summed E-state index contributed by atoms with van der Waals surface area (Å²) in [6.45, 7) is 3.24. The summed E-state index contributed by atoms with van der Waals surface area (Å²) in [5, 5.41) is 14.7. The Kier molecular flexibility index (Phi) is 6.93. The molecule has 0 radical (unpaired) electrons. The van der Waals surface area contributed by atoms with Crippen molar-refractivity contribution in [3.63, 3.8) is 0 Å². The number of piperidine rings is 1. The summed E-state index contributed by atoms with van der Waals surface area (Å²) in [4.78, 5) is 13.9. The molecule has 1 aliphatic heterocycles. The Hall–Kier alpha value is -1.73. The monoisotopic (exact) mass is 341 g/mol. The number of halogens is 2. The molecule has 7 heteroatoms. The number of carbonyl (C=O) groups is 1. The van der Waals surface area contributed by atoms with E-state index < -0.39 is 11.6 Å². The Morgan fingerprint density at radius 3 is 2.75 bits per heavy atom. The lowest BCUT2D eigenvalue weighted by Gasteiger charge is -2.33. The van der Waals surface area contributed by atoms with Gasteiger partial charge in [0.25, 0.3) is 0 Å². The molecule has 1 heterocycles. The average Bonchev–Trinajstić information content (AvgIpc) is 2.56. The van der Waals surface area contributed by atoms with Gasteiger partial charge in [-0.2, -0.15) is 0 Å². The number of aliphatic hydroxyl groups is 1. The van der Waals surface area contributed by atoms with Crippen molar-refractivity contribution in [1.82, 2.24) is 15.5 Å². The first kappa shape index (κ1) is 18.6. The highest BCUT2D eigenvalue weighted by Crippen LogP contribution is 2.18. The van der Waals surface area contributed by atoms with Crippen molar-refractivity contribution in [2.75, 3.05) is 19.7 Å². The molecule has 1 fully saturated rings. The molecule has 1 aromatic rings. The van der Waals surface area contributed by atoms with Gasteiger partial charge < -0.3 is 15.7 Å². The Labute approximate surface area is 141 Å². The standard InChI is InChI=1S/C17H25F2N3O2/c1-2-12(11-23)20-17(24)21-13-5-4-8-22(9-13)10-14-15(18)6-3-7-16(14)19/h3,6-7,12-13,23H,2,4-5,8-11H2,1H3,(H2,20,21,24)/t12-,13+/m0/s1. The Balaban J connectivity index is 1.89. The number of urea groups is 1. The number of aliphatic hydroxyl groups excluding tert-OH is 1. The maximum atomic E-state index is 13.8. The van der Waals surface area contributed by atoms with E-state index in [1.54, 1.807) is 0 Å². The van der Waals surface area contributed by atoms with Crippen molar-refractivity contribution in [3.8, 4) is 0 Å². The maximum Gasteiger partial charge on any atom is 0.315 e. The van der Waals surface area contributed by atoms with Crippen molar-refractivity contribution in [2.45, 2.75) is 44.8 Å². The zero-order valence-corrected chi connectivity index (χ0v) is 13.9. The van der Waals surface area contributed by atoms with E-state index in [4.69, 9.17) is 5.11 Å². The minimum atomic E-state index is -0.545. The summed E-state index contributed by atoms with van der Waals surface area (Å²) in [5.41, 5.74) is 0.0638. The number of likely N-dealkylation sites (tertiary alicyclic amines) is 1. The van der Waals surface area contributed by atoms with Crippen LogP contribution >= 0.6 is 0 Å². The SMILES string of the molecule is CC[C@@H](CO)NC(=O)N[C@@H]1CCCN(Cc2c(F)cccc2F)C1. The molecule has 0 spiro atoms. The summed E-state index contributed by atoms with van der Waals surface area (Å²) in [6.07, 6.45) is 2.31. The molecule has 1 aromatic carbocycles. The molecule has 2 atom stereocenters. The van der Waals surface area contributed by atoms with Crippen LogP contribution in [0.3, 0.4) is 0 Å². The van der Waals surface area contributed by atoms with E-state index in [1.807, 2.05) is 11.8 Å². The van der Waals surface area contributed by atoms with E-state index >= 15 is 0 Å². The molecule has 1 aliphatic rings. The van der Waals surface area contributed by atoms with Crippen LogP contribution in [0.2, 0.25) is 0 Å². The summed E-state index contributed by atoms with van der Waals surface area (Å²) >= 11 is 0. The van der Waals surface area contributed by atoms with Crippen molar-refractivity contribution in [3.05, 3.63) is 35.4 Å². The number of hydrogen-bond donors (Lipinski definition) is 3. The first-order valence-electron chi connectivity index (χ1n) is 8.36. The predicted molar refractivity (Wildman–Crippen MR) is 87.5 cm³/mol. The van der Waals surface area contributed by atoms with Crippen molar-refractivity contribution in [2.24, 2.45) is 0 Å². The van der Waals surface area contributed by atoms with Crippen molar-refractivity contribution < 1.29 is 18.7 Å². The molecule has 2 rings (SSSR count). The fourth-order valence-electron chi connectivity index (χ4n) is 2.91. The Bertz CT molecular complexity index is 532. The summed E-state index contributed by atoms with van der Waals surface area (Å²) < 4.78 is 27.5. The van der Waals surface area contributed by atoms with Gasteiger partial charge in [-0.15, -0.1) is 0 Å². The van der Waals surface area contributed by atoms with Gasteiger partial charge in [-0.25, -0.2) is 13.6 Å². The van der Waals surface area contributed by atoms with E-state index in [0.29, 0.717) is 13.0 Å². The molecule has 0 saturated carbocycles. The van der Waals surface area contributed by atoms with Crippen LogP contribution < -0.4 is 10.6 Å². The van der Waals surface area contributed by atoms with Gasteiger partial charge in [-0.1, -0.05) is 13.0 Å². The maximum absolute atomic E-state index is 13.8. The molecule has 5 nitrogen and oxygen atoms in total. The topological polar surface area (TPSA) is 64.6 Å². The normalized spacial score (nSPS) is 19.8. The Morgan fingerprint density at radius 1 is 1.42 bits per heavy atom. The summed E-state index contributed by atoms with van der Waals surface area (Å²) in [6, 6.07) is 3.20. The lowest BCUT2D eigenvalue weighted by Crippen LogP contribution is -2.52. The lowest BCUT2D eigenvalue weighted by atomic mass is 10.0. The fraction of sp³-hybridized carbons (Fsp3) is 0.588. The molecular weight excluding hydrogens is 316 g/mol. The molecule has 134 valence electrons. The zero-order chi connectivity index (χ0) is 17.5. The Morgan fingerprint density at radius 2 is 2.12 bits per heavy atom. The molecule has 1 saturated heterocycles. The third kappa shape index (κ3) is 5.14. The molecule has 24 heavy (non-hydrogen) atoms. The van der Waals surface area contributed by atoms with Crippen LogP contribution in [0, 0.1) is 11.6 Å². The number of rotatable bonds is 6. The molecule has 0 aliphatic carbocycles. The first-order chi connectivity index (χ1) is 11.5. The van der Waals surface area contributed by atoms with Crippen molar-refractivity contribution >= 4 is 6.03 Å². The molecule has 2 amide bonds. The van der Waals surface area contributed by atoms with Crippen LogP contribution in [0.15, 0.2) is 18.2 Å². The predicted octanol–water partition coefficient (Wildman–Crippen LogP) is 2.00. The number of carbonyl (C=O) groups excluding carboxylic acids is 1. The van der Waals surface area contributed by atoms with E-state index in [9.17, 15) is 13.6 Å². The second-order valence-corrected chi connectivity index (χ2v) is 6.18. The third-order valence-electron chi connectivity index (χ3n) is 4.33. The molecule has 0 unspecified atom stereocenters. The second-order valence-electron chi connectivity index (χ2n) is 6.18. The quantitative estimate of drug-likeness (QED) is 0.741. The van der Waals surface area contributed by atoms with Crippen LogP contribution in [0.25, 0.3) is 0 Å². The van der Waals surface area contributed by atoms with Gasteiger partial charge in [-0.05, 0) is 37.9 Å². The van der Waals surface area contributed by atoms with Gasteiger partial charge in [0.2, 0.25) is 0 Å². The van der Waals surface area contributed by atoms with E-state index in [1.165, 1.54) is 18.2 Å². The molecular formula is C17H25F2N3O2. The van der Waals surface area contributed by atoms with Gasteiger partial charge >= 0.3 is 6.03 Å². The molecule has 0 bridgehead atoms. The number of amides is 2. The third-order valence-corrected chi connectivity index (χ3v) is 4.33. The highest BCUT2D eigenvalue weighted by molar-refractivity contribution is 5.74. The number of nitrogens with one attached hydrogen (secondary N) is 2. The van der Waals surface area contributed by atoms with Gasteiger partial charge in [0.1, 0.15) is 11.6 Å². The largest absolute Gasteiger partial charge is 0.394 e. The zero-order valence-electron chi connectivity index (χ0n) is 13.9. The van der Waals surface area contributed by atoms with Crippen LogP contribution in [0.4, 0.5) is 13.6 Å². The minimum absolute atomic E-state index is 0.0638. The van der Waals surface area contributed by atoms with Crippen LogP contribution in [0.1, 0.15) is 31.7 Å². The van der Waals surface area contributed by atoms with Gasteiger partial charge in [0, 0.05) is 24.7 Å². The first-order valence-corrected chi connectivity index (χ1v) is 8.36. The van der Waals surface area contributed by atoms with Gasteiger partial charge in [0.15, 0.2) is 0 Å². The number of hydrogen-bond acceptors (Lipinski definition) is 3. The van der Waals surface area contributed by atoms with Crippen LogP contribution in [-0.4, -0.2) is 47.8 Å². The molecule has 3 N–H and O–H groups in total. The lowest BCUT2D eigenvalue weighted by molar-refractivity contribution is 0.173. The minimum Gasteiger partial charge on any atom is -0.394 e. The number of nitrogens with zero attached hydrogens (tertiary/aromatic N) is 1. The summed E-state index contributed by atoms with van der Waals surface area (Å²) in [5.74, 6) is -1.09. The van der Waals surface area contributed by atoms with Gasteiger partial charge in [0.05, 0.1) is 12.6 Å². The smallest absolute Gasteiger partial charge is 0.315 e. The fourth-order valence-corrected chi connectivity index (χ4v) is 2.91. The second kappa shape index (κ2) is 8.94. The summed E-state index contributed by atoms with van der Waals surface area (Å²) in [7, 11) is 0. The van der Waals surface area contributed by atoms with E-state index in [0.717, 1.165) is 19.4 Å². The van der Waals surface area contributed by atoms with Crippen LogP contribution in [-0.2, 0) is 6.54 Å². The van der Waals surface area contributed by atoms with Gasteiger partial charge in [-0.3, -0.25) is 4.90 Å². The van der Waals surface area contributed by atoms with Crippen molar-refractivity contribution in [1.29, 1.82) is 0 Å². The average molecular weight is 341 g/mol.